The summed E-state index contributed by atoms with van der Waals surface area (Å²) in [6.07, 6.45) is 4.33. The molecule has 0 spiro atoms. The third-order valence-corrected chi connectivity index (χ3v) is 3.11. The van der Waals surface area contributed by atoms with E-state index >= 15 is 0 Å². The van der Waals surface area contributed by atoms with Crippen LogP contribution in [-0.2, 0) is 4.74 Å². The first kappa shape index (κ1) is 11.7. The van der Waals surface area contributed by atoms with Crippen LogP contribution in [0.25, 0.3) is 0 Å². The molecule has 2 heterocycles. The Hall–Kier alpha value is -0.810. The van der Waals surface area contributed by atoms with E-state index < -0.39 is 0 Å². The van der Waals surface area contributed by atoms with Crippen molar-refractivity contribution in [2.24, 2.45) is 0 Å². The number of nitrogens with zero attached hydrogens (tertiary/aromatic N) is 3. The Kier molecular flexibility index (Phi) is 3.66. The molecule has 1 aromatic rings. The molecule has 2 atom stereocenters. The quantitative estimate of drug-likeness (QED) is 0.581. The fourth-order valence-electron chi connectivity index (χ4n) is 1.97. The zero-order valence-electron chi connectivity index (χ0n) is 9.88. The molecule has 0 amide bonds. The number of ether oxygens (including phenoxy) is 1. The molecule has 16 heavy (non-hydrogen) atoms. The average Bonchev–Trinajstić information content (AvgIpc) is 2.28. The minimum absolute atomic E-state index is 0.261. The Balaban J connectivity index is 2.16. The molecular formula is C11H17N3OS. The third kappa shape index (κ3) is 2.65. The van der Waals surface area contributed by atoms with Crippen LogP contribution in [-0.4, -0.2) is 41.5 Å². The summed E-state index contributed by atoms with van der Waals surface area (Å²) in [6, 6.07) is 1.96. The van der Waals surface area contributed by atoms with E-state index in [1.54, 1.807) is 11.8 Å². The molecule has 1 aliphatic heterocycles. The minimum atomic E-state index is 0.261. The van der Waals surface area contributed by atoms with Crippen molar-refractivity contribution in [2.75, 3.05) is 24.2 Å². The lowest BCUT2D eigenvalue weighted by atomic mass is 10.2. The summed E-state index contributed by atoms with van der Waals surface area (Å²) in [5.41, 5.74) is 0. The summed E-state index contributed by atoms with van der Waals surface area (Å²) in [6.45, 7) is 5.99. The van der Waals surface area contributed by atoms with Gasteiger partial charge in [-0.15, -0.1) is 0 Å². The van der Waals surface area contributed by atoms with Gasteiger partial charge < -0.3 is 9.64 Å². The molecule has 0 saturated carbocycles. The largest absolute Gasteiger partial charge is 0.372 e. The topological polar surface area (TPSA) is 38.2 Å². The van der Waals surface area contributed by atoms with Crippen molar-refractivity contribution < 1.29 is 4.74 Å². The second-order valence-corrected chi connectivity index (χ2v) is 4.84. The van der Waals surface area contributed by atoms with Gasteiger partial charge in [-0.05, 0) is 26.2 Å². The Labute approximate surface area is 100 Å². The van der Waals surface area contributed by atoms with Crippen molar-refractivity contribution in [1.29, 1.82) is 0 Å². The van der Waals surface area contributed by atoms with Gasteiger partial charge in [0.2, 0.25) is 0 Å². The Morgan fingerprint density at radius 3 is 2.69 bits per heavy atom. The number of morpholine rings is 1. The fourth-order valence-corrected chi connectivity index (χ4v) is 2.32. The Bertz CT molecular complexity index is 351. The molecule has 0 radical (unpaired) electrons. The van der Waals surface area contributed by atoms with Gasteiger partial charge in [0.1, 0.15) is 5.82 Å². The minimum Gasteiger partial charge on any atom is -0.372 e. The monoisotopic (exact) mass is 239 g/mol. The molecule has 0 aromatic carbocycles. The van der Waals surface area contributed by atoms with E-state index in [9.17, 15) is 0 Å². The number of anilines is 1. The van der Waals surface area contributed by atoms with E-state index in [0.29, 0.717) is 0 Å². The van der Waals surface area contributed by atoms with Crippen LogP contribution in [0.2, 0.25) is 0 Å². The van der Waals surface area contributed by atoms with Gasteiger partial charge >= 0.3 is 0 Å². The van der Waals surface area contributed by atoms with Crippen LogP contribution in [0.4, 0.5) is 5.82 Å². The smallest absolute Gasteiger partial charge is 0.189 e. The van der Waals surface area contributed by atoms with E-state index in [-0.39, 0.29) is 12.2 Å². The highest BCUT2D eigenvalue weighted by Crippen LogP contribution is 2.19. The van der Waals surface area contributed by atoms with Crippen LogP contribution in [0.5, 0.6) is 0 Å². The first-order valence-electron chi connectivity index (χ1n) is 5.46. The van der Waals surface area contributed by atoms with E-state index in [1.807, 2.05) is 18.5 Å². The summed E-state index contributed by atoms with van der Waals surface area (Å²) in [5, 5.41) is 0.823. The molecular weight excluding hydrogens is 222 g/mol. The molecule has 0 N–H and O–H groups in total. The number of rotatable bonds is 2. The number of aromatic nitrogens is 2. The Morgan fingerprint density at radius 2 is 2.06 bits per heavy atom. The lowest BCUT2D eigenvalue weighted by Gasteiger charge is -2.36. The first-order valence-corrected chi connectivity index (χ1v) is 6.69. The predicted octanol–water partition coefficient (Wildman–Crippen LogP) is 1.81. The fraction of sp³-hybridized carbons (Fsp3) is 0.636. The lowest BCUT2D eigenvalue weighted by molar-refractivity contribution is -0.00549. The average molecular weight is 239 g/mol. The molecule has 0 bridgehead atoms. The van der Waals surface area contributed by atoms with Crippen LogP contribution < -0.4 is 4.90 Å². The lowest BCUT2D eigenvalue weighted by Crippen LogP contribution is -2.45. The summed E-state index contributed by atoms with van der Waals surface area (Å²) >= 11 is 1.57. The molecule has 4 nitrogen and oxygen atoms in total. The first-order chi connectivity index (χ1) is 7.69. The zero-order chi connectivity index (χ0) is 11.5. The number of thioether (sulfide) groups is 1. The molecule has 5 heteroatoms. The van der Waals surface area contributed by atoms with E-state index in [4.69, 9.17) is 4.74 Å². The highest BCUT2D eigenvalue weighted by molar-refractivity contribution is 7.98. The van der Waals surface area contributed by atoms with Crippen LogP contribution in [0.3, 0.4) is 0 Å². The van der Waals surface area contributed by atoms with E-state index in [2.05, 4.69) is 28.7 Å². The highest BCUT2D eigenvalue weighted by atomic mass is 32.2. The second kappa shape index (κ2) is 5.01. The molecule has 2 unspecified atom stereocenters. The van der Waals surface area contributed by atoms with Crippen LogP contribution in [0.1, 0.15) is 13.8 Å². The summed E-state index contributed by atoms with van der Waals surface area (Å²) in [5.74, 6) is 1.00. The predicted molar refractivity (Wildman–Crippen MR) is 66.0 cm³/mol. The van der Waals surface area contributed by atoms with Gasteiger partial charge in [-0.3, -0.25) is 0 Å². The van der Waals surface area contributed by atoms with Crippen molar-refractivity contribution in [2.45, 2.75) is 31.2 Å². The molecule has 1 aromatic heterocycles. The van der Waals surface area contributed by atoms with Gasteiger partial charge in [0, 0.05) is 19.3 Å². The standard InChI is InChI=1S/C11H17N3OS/c1-8-6-14(7-9(2)15-8)10-4-5-12-11(13-10)16-3/h4-5,8-9H,6-7H2,1-3H3. The maximum Gasteiger partial charge on any atom is 0.189 e. The molecule has 1 saturated heterocycles. The normalized spacial score (nSPS) is 25.8. The molecule has 0 aliphatic carbocycles. The summed E-state index contributed by atoms with van der Waals surface area (Å²) in [4.78, 5) is 11.0. The van der Waals surface area contributed by atoms with Crippen molar-refractivity contribution in [3.8, 4) is 0 Å². The van der Waals surface area contributed by atoms with Crippen LogP contribution in [0.15, 0.2) is 17.4 Å². The SMILES string of the molecule is CSc1nccc(N2CC(C)OC(C)C2)n1. The van der Waals surface area contributed by atoms with Crippen molar-refractivity contribution in [3.63, 3.8) is 0 Å². The van der Waals surface area contributed by atoms with Gasteiger partial charge in [0.25, 0.3) is 0 Å². The third-order valence-electron chi connectivity index (χ3n) is 2.54. The van der Waals surface area contributed by atoms with Crippen molar-refractivity contribution >= 4 is 17.6 Å². The molecule has 1 aliphatic rings. The maximum absolute atomic E-state index is 5.70. The summed E-state index contributed by atoms with van der Waals surface area (Å²) < 4.78 is 5.70. The Morgan fingerprint density at radius 1 is 1.38 bits per heavy atom. The molecule has 88 valence electrons. The van der Waals surface area contributed by atoms with Gasteiger partial charge in [0.15, 0.2) is 5.16 Å². The maximum atomic E-state index is 5.70. The molecule has 2 rings (SSSR count). The van der Waals surface area contributed by atoms with Crippen molar-refractivity contribution in [3.05, 3.63) is 12.3 Å². The van der Waals surface area contributed by atoms with Gasteiger partial charge in [-0.2, -0.15) is 0 Å². The second-order valence-electron chi connectivity index (χ2n) is 4.06. The number of hydrogen-bond acceptors (Lipinski definition) is 5. The summed E-state index contributed by atoms with van der Waals surface area (Å²) in [7, 11) is 0. The molecule has 1 fully saturated rings. The van der Waals surface area contributed by atoms with E-state index in [1.165, 1.54) is 0 Å². The van der Waals surface area contributed by atoms with Gasteiger partial charge in [-0.25, -0.2) is 9.97 Å². The van der Waals surface area contributed by atoms with E-state index in [0.717, 1.165) is 24.1 Å². The van der Waals surface area contributed by atoms with Gasteiger partial charge in [-0.1, -0.05) is 11.8 Å². The number of hydrogen-bond donors (Lipinski definition) is 0. The van der Waals surface area contributed by atoms with Crippen LogP contribution >= 0.6 is 11.8 Å². The highest BCUT2D eigenvalue weighted by Gasteiger charge is 2.23. The zero-order valence-corrected chi connectivity index (χ0v) is 10.7. The van der Waals surface area contributed by atoms with Crippen molar-refractivity contribution in [1.82, 2.24) is 9.97 Å². The van der Waals surface area contributed by atoms with Gasteiger partial charge in [0.05, 0.1) is 12.2 Å². The van der Waals surface area contributed by atoms with Crippen LogP contribution in [0, 0.1) is 0 Å².